The largest absolute Gasteiger partial charge is 0.488 e. The van der Waals surface area contributed by atoms with Gasteiger partial charge in [-0.1, -0.05) is 30.3 Å². The maximum atomic E-state index is 11.8. The van der Waals surface area contributed by atoms with Crippen LogP contribution in [0, 0.1) is 3.57 Å². The van der Waals surface area contributed by atoms with Gasteiger partial charge in [0.05, 0.1) is 6.54 Å². The first-order chi connectivity index (χ1) is 11.2. The van der Waals surface area contributed by atoms with Crippen LogP contribution in [0.4, 0.5) is 4.79 Å². The van der Waals surface area contributed by atoms with E-state index in [0.717, 1.165) is 24.2 Å². The lowest BCUT2D eigenvalue weighted by atomic mass is 10.0. The summed E-state index contributed by atoms with van der Waals surface area (Å²) in [4.78, 5) is 11.8. The van der Waals surface area contributed by atoms with Crippen LogP contribution >= 0.6 is 22.6 Å². The van der Waals surface area contributed by atoms with Crippen molar-refractivity contribution in [1.82, 2.24) is 5.32 Å². The molecule has 1 atom stereocenters. The lowest BCUT2D eigenvalue weighted by Crippen LogP contribution is -2.37. The molecule has 23 heavy (non-hydrogen) atoms. The van der Waals surface area contributed by atoms with Crippen molar-refractivity contribution in [2.75, 3.05) is 6.54 Å². The molecule has 0 aliphatic carbocycles. The number of aryl methyl sites for hydroxylation is 1. The first-order valence-corrected chi connectivity index (χ1v) is 8.68. The van der Waals surface area contributed by atoms with Crippen molar-refractivity contribution < 1.29 is 14.3 Å². The third kappa shape index (κ3) is 4.60. The topological polar surface area (TPSA) is 47.6 Å². The van der Waals surface area contributed by atoms with Crippen molar-refractivity contribution in [1.29, 1.82) is 0 Å². The molecule has 2 aromatic rings. The van der Waals surface area contributed by atoms with Crippen LogP contribution in [0.2, 0.25) is 0 Å². The summed E-state index contributed by atoms with van der Waals surface area (Å²) in [6.45, 7) is 0.735. The van der Waals surface area contributed by atoms with Gasteiger partial charge in [-0.2, -0.15) is 0 Å². The van der Waals surface area contributed by atoms with Gasteiger partial charge in [-0.05, 0) is 64.8 Å². The van der Waals surface area contributed by atoms with Gasteiger partial charge in [0, 0.05) is 3.57 Å². The fraction of sp³-hybridized carbons (Fsp3) is 0.278. The highest BCUT2D eigenvalue weighted by molar-refractivity contribution is 14.1. The molecule has 0 saturated carbocycles. The van der Waals surface area contributed by atoms with Crippen molar-refractivity contribution in [2.24, 2.45) is 0 Å². The highest BCUT2D eigenvalue weighted by Crippen LogP contribution is 2.28. The molecular weight excluding hydrogens is 405 g/mol. The Balaban J connectivity index is 1.44. The summed E-state index contributed by atoms with van der Waals surface area (Å²) >= 11 is 2.30. The molecule has 120 valence electrons. The number of nitrogens with one attached hydrogen (secondary N) is 1. The van der Waals surface area contributed by atoms with Gasteiger partial charge in [-0.25, -0.2) is 4.79 Å². The van der Waals surface area contributed by atoms with E-state index in [-0.39, 0.29) is 12.7 Å². The van der Waals surface area contributed by atoms with Crippen LogP contribution in [0.3, 0.4) is 0 Å². The number of benzene rings is 2. The molecular formula is C18H18INO3. The lowest BCUT2D eigenvalue weighted by molar-refractivity contribution is 0.126. The van der Waals surface area contributed by atoms with Crippen LogP contribution in [0.25, 0.3) is 0 Å². The van der Waals surface area contributed by atoms with Crippen molar-refractivity contribution in [2.45, 2.75) is 25.6 Å². The quantitative estimate of drug-likeness (QED) is 0.759. The van der Waals surface area contributed by atoms with Crippen molar-refractivity contribution in [3.63, 3.8) is 0 Å². The zero-order valence-electron chi connectivity index (χ0n) is 12.6. The molecule has 5 heteroatoms. The molecule has 0 bridgehead atoms. The van der Waals surface area contributed by atoms with Gasteiger partial charge >= 0.3 is 6.09 Å². The SMILES string of the molecule is O=C(NCC1CCc2cc(I)ccc2O1)OCc1ccccc1. The Labute approximate surface area is 149 Å². The number of fused-ring (bicyclic) bond motifs is 1. The van der Waals surface area contributed by atoms with Crippen molar-refractivity contribution in [3.05, 3.63) is 63.2 Å². The van der Waals surface area contributed by atoms with E-state index in [1.807, 2.05) is 42.5 Å². The smallest absolute Gasteiger partial charge is 0.407 e. The summed E-state index contributed by atoms with van der Waals surface area (Å²) in [5.41, 5.74) is 2.21. The molecule has 1 aliphatic rings. The molecule has 1 unspecified atom stereocenters. The Morgan fingerprint density at radius 2 is 2.09 bits per heavy atom. The molecule has 1 amide bonds. The van der Waals surface area contributed by atoms with E-state index in [2.05, 4.69) is 34.0 Å². The van der Waals surface area contributed by atoms with Gasteiger partial charge < -0.3 is 14.8 Å². The number of ether oxygens (including phenoxy) is 2. The second-order valence-electron chi connectivity index (χ2n) is 5.47. The van der Waals surface area contributed by atoms with E-state index in [1.165, 1.54) is 9.13 Å². The summed E-state index contributed by atoms with van der Waals surface area (Å²) in [6.07, 6.45) is 1.45. The molecule has 0 fully saturated rings. The van der Waals surface area contributed by atoms with E-state index in [0.29, 0.717) is 6.54 Å². The predicted octanol–water partition coefficient (Wildman–Crippen LogP) is 3.91. The highest BCUT2D eigenvalue weighted by Gasteiger charge is 2.20. The van der Waals surface area contributed by atoms with E-state index >= 15 is 0 Å². The van der Waals surface area contributed by atoms with E-state index in [9.17, 15) is 4.79 Å². The second-order valence-corrected chi connectivity index (χ2v) is 6.72. The van der Waals surface area contributed by atoms with Gasteiger partial charge in [-0.15, -0.1) is 0 Å². The maximum absolute atomic E-state index is 11.8. The monoisotopic (exact) mass is 423 g/mol. The number of amides is 1. The van der Waals surface area contributed by atoms with E-state index < -0.39 is 6.09 Å². The number of carbonyl (C=O) groups excluding carboxylic acids is 1. The van der Waals surface area contributed by atoms with Crippen molar-refractivity contribution in [3.8, 4) is 5.75 Å². The molecule has 2 aromatic carbocycles. The number of alkyl carbamates (subject to hydrolysis) is 1. The van der Waals surface area contributed by atoms with Crippen LogP contribution in [0.5, 0.6) is 5.75 Å². The molecule has 1 aliphatic heterocycles. The Morgan fingerprint density at radius 3 is 2.91 bits per heavy atom. The van der Waals surface area contributed by atoms with Crippen LogP contribution in [0.1, 0.15) is 17.5 Å². The number of halogens is 1. The van der Waals surface area contributed by atoms with Crippen molar-refractivity contribution >= 4 is 28.7 Å². The van der Waals surface area contributed by atoms with Gasteiger partial charge in [0.1, 0.15) is 18.5 Å². The summed E-state index contributed by atoms with van der Waals surface area (Å²) < 4.78 is 12.3. The third-order valence-electron chi connectivity index (χ3n) is 3.74. The first-order valence-electron chi connectivity index (χ1n) is 7.60. The number of hydrogen-bond donors (Lipinski definition) is 1. The average Bonchev–Trinajstić information content (AvgIpc) is 2.59. The Kier molecular flexibility index (Phi) is 5.38. The standard InChI is InChI=1S/C18H18INO3/c19-15-7-9-17-14(10-15)6-8-16(23-17)11-20-18(21)22-12-13-4-2-1-3-5-13/h1-5,7,9-10,16H,6,8,11-12H2,(H,20,21). The highest BCUT2D eigenvalue weighted by atomic mass is 127. The average molecular weight is 423 g/mol. The number of hydrogen-bond acceptors (Lipinski definition) is 3. The summed E-state index contributed by atoms with van der Waals surface area (Å²) in [7, 11) is 0. The number of carbonyl (C=O) groups is 1. The Hall–Kier alpha value is -1.76. The normalized spacial score (nSPS) is 16.1. The summed E-state index contributed by atoms with van der Waals surface area (Å²) in [5, 5.41) is 2.78. The van der Waals surface area contributed by atoms with Crippen LogP contribution in [-0.2, 0) is 17.8 Å². The van der Waals surface area contributed by atoms with Crippen LogP contribution in [-0.4, -0.2) is 18.7 Å². The molecule has 1 N–H and O–H groups in total. The lowest BCUT2D eigenvalue weighted by Gasteiger charge is -2.26. The predicted molar refractivity (Wildman–Crippen MR) is 96.5 cm³/mol. The second kappa shape index (κ2) is 7.68. The summed E-state index contributed by atoms with van der Waals surface area (Å²) in [6, 6.07) is 15.8. The molecule has 0 saturated heterocycles. The molecule has 1 heterocycles. The van der Waals surface area contributed by atoms with Crippen LogP contribution < -0.4 is 10.1 Å². The molecule has 0 aromatic heterocycles. The number of rotatable bonds is 4. The first kappa shape index (κ1) is 16.1. The molecule has 3 rings (SSSR count). The summed E-state index contributed by atoms with van der Waals surface area (Å²) in [5.74, 6) is 0.918. The molecule has 0 radical (unpaired) electrons. The minimum absolute atomic E-state index is 0.00756. The van der Waals surface area contributed by atoms with Crippen LogP contribution in [0.15, 0.2) is 48.5 Å². The minimum atomic E-state index is -0.411. The third-order valence-corrected chi connectivity index (χ3v) is 4.41. The fourth-order valence-electron chi connectivity index (χ4n) is 2.53. The maximum Gasteiger partial charge on any atom is 0.407 e. The van der Waals surface area contributed by atoms with E-state index in [4.69, 9.17) is 9.47 Å². The van der Waals surface area contributed by atoms with Gasteiger partial charge in [-0.3, -0.25) is 0 Å². The Morgan fingerprint density at radius 1 is 1.26 bits per heavy atom. The van der Waals surface area contributed by atoms with Gasteiger partial charge in [0.15, 0.2) is 0 Å². The fourth-order valence-corrected chi connectivity index (χ4v) is 3.08. The Bertz CT molecular complexity index is 675. The van der Waals surface area contributed by atoms with Gasteiger partial charge in [0.25, 0.3) is 0 Å². The van der Waals surface area contributed by atoms with Gasteiger partial charge in [0.2, 0.25) is 0 Å². The minimum Gasteiger partial charge on any atom is -0.488 e. The molecule has 4 nitrogen and oxygen atoms in total. The zero-order valence-corrected chi connectivity index (χ0v) is 14.8. The zero-order chi connectivity index (χ0) is 16.1. The van der Waals surface area contributed by atoms with E-state index in [1.54, 1.807) is 0 Å². The molecule has 0 spiro atoms.